The van der Waals surface area contributed by atoms with E-state index in [4.69, 9.17) is 0 Å². The molecule has 0 aliphatic heterocycles. The maximum absolute atomic E-state index is 11.8. The molecule has 2 amide bonds. The van der Waals surface area contributed by atoms with Crippen LogP contribution < -0.4 is 10.6 Å². The molecule has 1 heterocycles. The quantitative estimate of drug-likeness (QED) is 0.840. The number of carbonyl (C=O) groups is 2. The van der Waals surface area contributed by atoms with Gasteiger partial charge in [0.15, 0.2) is 5.78 Å². The summed E-state index contributed by atoms with van der Waals surface area (Å²) < 4.78 is 0. The lowest BCUT2D eigenvalue weighted by Gasteiger charge is -2.08. The van der Waals surface area contributed by atoms with Crippen LogP contribution in [0.15, 0.2) is 42.6 Å². The Bertz CT molecular complexity index is 636. The molecule has 1 aromatic carbocycles. The van der Waals surface area contributed by atoms with E-state index in [1.54, 1.807) is 36.5 Å². The predicted molar refractivity (Wildman–Crippen MR) is 78.1 cm³/mol. The normalized spacial score (nSPS) is 9.90. The van der Waals surface area contributed by atoms with Crippen molar-refractivity contribution in [1.29, 1.82) is 0 Å². The van der Waals surface area contributed by atoms with Crippen LogP contribution in [-0.4, -0.2) is 16.8 Å². The van der Waals surface area contributed by atoms with Gasteiger partial charge in [0, 0.05) is 16.9 Å². The zero-order valence-corrected chi connectivity index (χ0v) is 11.3. The van der Waals surface area contributed by atoms with Crippen LogP contribution in [0.2, 0.25) is 0 Å². The summed E-state index contributed by atoms with van der Waals surface area (Å²) in [4.78, 5) is 27.2. The van der Waals surface area contributed by atoms with Gasteiger partial charge >= 0.3 is 6.03 Å². The fourth-order valence-corrected chi connectivity index (χ4v) is 1.65. The number of benzene rings is 1. The molecule has 2 aromatic rings. The van der Waals surface area contributed by atoms with Crippen LogP contribution in [0.5, 0.6) is 0 Å². The van der Waals surface area contributed by atoms with Crippen molar-refractivity contribution in [2.45, 2.75) is 13.8 Å². The molecule has 0 unspecified atom stereocenters. The molecule has 0 aliphatic carbocycles. The first-order chi connectivity index (χ1) is 9.54. The maximum Gasteiger partial charge on any atom is 0.323 e. The van der Waals surface area contributed by atoms with Gasteiger partial charge in [-0.25, -0.2) is 4.79 Å². The number of nitrogens with one attached hydrogen (secondary N) is 2. The maximum atomic E-state index is 11.8. The molecule has 0 atom stereocenters. The van der Waals surface area contributed by atoms with Crippen molar-refractivity contribution in [2.75, 3.05) is 10.6 Å². The van der Waals surface area contributed by atoms with Crippen molar-refractivity contribution in [1.82, 2.24) is 4.98 Å². The van der Waals surface area contributed by atoms with Gasteiger partial charge in [-0.15, -0.1) is 0 Å². The van der Waals surface area contributed by atoms with Gasteiger partial charge < -0.3 is 10.6 Å². The van der Waals surface area contributed by atoms with Crippen LogP contribution in [-0.2, 0) is 0 Å². The minimum Gasteiger partial charge on any atom is -0.308 e. The molecule has 0 saturated heterocycles. The second-order valence-corrected chi connectivity index (χ2v) is 4.40. The number of hydrogen-bond donors (Lipinski definition) is 2. The number of Topliss-reactive ketones (excluding diaryl/α,β-unsaturated/α-hetero) is 1. The molecule has 5 nitrogen and oxygen atoms in total. The van der Waals surface area contributed by atoms with Gasteiger partial charge in [-0.05, 0) is 38.1 Å². The Hall–Kier alpha value is -2.69. The third kappa shape index (κ3) is 3.65. The standard InChI is InChI=1S/C15H15N3O2/c1-10-6-7-14(9-16-10)18-15(20)17-13-5-3-4-12(8-13)11(2)19/h3-9H,1-2H3,(H2,17,18,20). The van der Waals surface area contributed by atoms with E-state index in [0.29, 0.717) is 16.9 Å². The molecular weight excluding hydrogens is 254 g/mol. The summed E-state index contributed by atoms with van der Waals surface area (Å²) in [6.45, 7) is 3.36. The van der Waals surface area contributed by atoms with Gasteiger partial charge in [0.25, 0.3) is 0 Å². The number of amides is 2. The highest BCUT2D eigenvalue weighted by atomic mass is 16.2. The first kappa shape index (κ1) is 13.7. The predicted octanol–water partition coefficient (Wildman–Crippen LogP) is 3.24. The highest BCUT2D eigenvalue weighted by Gasteiger charge is 2.05. The minimum absolute atomic E-state index is 0.0446. The van der Waals surface area contributed by atoms with Gasteiger partial charge in [-0.1, -0.05) is 12.1 Å². The van der Waals surface area contributed by atoms with Crippen molar-refractivity contribution in [3.8, 4) is 0 Å². The third-order valence-electron chi connectivity index (χ3n) is 2.70. The van der Waals surface area contributed by atoms with E-state index in [1.165, 1.54) is 6.92 Å². The molecule has 0 fully saturated rings. The van der Waals surface area contributed by atoms with Crippen molar-refractivity contribution in [3.05, 3.63) is 53.9 Å². The first-order valence-corrected chi connectivity index (χ1v) is 6.16. The summed E-state index contributed by atoms with van der Waals surface area (Å²) in [6, 6.07) is 9.99. The van der Waals surface area contributed by atoms with Crippen molar-refractivity contribution < 1.29 is 9.59 Å². The SMILES string of the molecule is CC(=O)c1cccc(NC(=O)Nc2ccc(C)nc2)c1. The second-order valence-electron chi connectivity index (χ2n) is 4.40. The van der Waals surface area contributed by atoms with Crippen molar-refractivity contribution in [2.24, 2.45) is 0 Å². The molecular formula is C15H15N3O2. The van der Waals surface area contributed by atoms with Gasteiger partial charge in [0.1, 0.15) is 0 Å². The van der Waals surface area contributed by atoms with Crippen LogP contribution in [0.25, 0.3) is 0 Å². The molecule has 0 bridgehead atoms. The highest BCUT2D eigenvalue weighted by molar-refractivity contribution is 6.01. The number of pyridine rings is 1. The Kier molecular flexibility index (Phi) is 4.10. The molecule has 20 heavy (non-hydrogen) atoms. The number of nitrogens with zero attached hydrogens (tertiary/aromatic N) is 1. The summed E-state index contributed by atoms with van der Waals surface area (Å²) in [5.41, 5.74) is 2.61. The Morgan fingerprint density at radius 3 is 2.45 bits per heavy atom. The summed E-state index contributed by atoms with van der Waals surface area (Å²) in [5.74, 6) is -0.0446. The third-order valence-corrected chi connectivity index (χ3v) is 2.70. The molecule has 0 spiro atoms. The molecule has 0 aliphatic rings. The fraction of sp³-hybridized carbons (Fsp3) is 0.133. The van der Waals surface area contributed by atoms with Gasteiger partial charge in [0.05, 0.1) is 11.9 Å². The topological polar surface area (TPSA) is 71.1 Å². The van der Waals surface area contributed by atoms with Crippen molar-refractivity contribution >= 4 is 23.2 Å². The molecule has 2 N–H and O–H groups in total. The van der Waals surface area contributed by atoms with E-state index in [0.717, 1.165) is 5.69 Å². The number of rotatable bonds is 3. The monoisotopic (exact) mass is 269 g/mol. The van der Waals surface area contributed by atoms with Crippen LogP contribution in [0.1, 0.15) is 23.0 Å². The van der Waals surface area contributed by atoms with Crippen LogP contribution >= 0.6 is 0 Å². The summed E-state index contributed by atoms with van der Waals surface area (Å²) in [7, 11) is 0. The summed E-state index contributed by atoms with van der Waals surface area (Å²) in [6.07, 6.45) is 1.58. The van der Waals surface area contributed by atoms with E-state index in [1.807, 2.05) is 13.0 Å². The smallest absolute Gasteiger partial charge is 0.308 e. The summed E-state index contributed by atoms with van der Waals surface area (Å²) >= 11 is 0. The van der Waals surface area contributed by atoms with Gasteiger partial charge in [0.2, 0.25) is 0 Å². The van der Waals surface area contributed by atoms with E-state index in [2.05, 4.69) is 15.6 Å². The average molecular weight is 269 g/mol. The largest absolute Gasteiger partial charge is 0.323 e. The Labute approximate surface area is 117 Å². The van der Waals surface area contributed by atoms with Crippen molar-refractivity contribution in [3.63, 3.8) is 0 Å². The molecule has 2 rings (SSSR count). The molecule has 1 aromatic heterocycles. The molecule has 0 radical (unpaired) electrons. The zero-order chi connectivity index (χ0) is 14.5. The zero-order valence-electron chi connectivity index (χ0n) is 11.3. The molecule has 5 heteroatoms. The number of ketones is 1. The number of urea groups is 1. The molecule has 102 valence electrons. The number of aryl methyl sites for hydroxylation is 1. The highest BCUT2D eigenvalue weighted by Crippen LogP contribution is 2.12. The first-order valence-electron chi connectivity index (χ1n) is 6.16. The van der Waals surface area contributed by atoms with E-state index >= 15 is 0 Å². The lowest BCUT2D eigenvalue weighted by Crippen LogP contribution is -2.19. The van der Waals surface area contributed by atoms with E-state index in [-0.39, 0.29) is 11.8 Å². The minimum atomic E-state index is -0.378. The Morgan fingerprint density at radius 1 is 1.05 bits per heavy atom. The number of anilines is 2. The second kappa shape index (κ2) is 5.97. The average Bonchev–Trinajstić information content (AvgIpc) is 2.41. The lowest BCUT2D eigenvalue weighted by atomic mass is 10.1. The Morgan fingerprint density at radius 2 is 1.80 bits per heavy atom. The van der Waals surface area contributed by atoms with Crippen LogP contribution in [0, 0.1) is 6.92 Å². The fourth-order valence-electron chi connectivity index (χ4n) is 1.65. The number of carbonyl (C=O) groups excluding carboxylic acids is 2. The van der Waals surface area contributed by atoms with E-state index in [9.17, 15) is 9.59 Å². The van der Waals surface area contributed by atoms with Gasteiger partial charge in [-0.2, -0.15) is 0 Å². The number of aromatic nitrogens is 1. The van der Waals surface area contributed by atoms with E-state index < -0.39 is 0 Å². The summed E-state index contributed by atoms with van der Waals surface area (Å²) in [5, 5.41) is 5.34. The van der Waals surface area contributed by atoms with Gasteiger partial charge in [-0.3, -0.25) is 9.78 Å². The lowest BCUT2D eigenvalue weighted by molar-refractivity contribution is 0.101. The number of hydrogen-bond acceptors (Lipinski definition) is 3. The van der Waals surface area contributed by atoms with Crippen LogP contribution in [0.3, 0.4) is 0 Å². The molecule has 0 saturated carbocycles. The Balaban J connectivity index is 2.02. The van der Waals surface area contributed by atoms with Crippen LogP contribution in [0.4, 0.5) is 16.2 Å².